The highest BCUT2D eigenvalue weighted by Crippen LogP contribution is 2.32. The molecule has 0 spiro atoms. The van der Waals surface area contributed by atoms with Crippen LogP contribution >= 0.6 is 11.8 Å². The lowest BCUT2D eigenvalue weighted by Crippen LogP contribution is -2.31. The Bertz CT molecular complexity index is 635. The third-order valence-electron chi connectivity index (χ3n) is 4.34. The van der Waals surface area contributed by atoms with Crippen molar-refractivity contribution in [1.82, 2.24) is 9.88 Å². The van der Waals surface area contributed by atoms with Gasteiger partial charge in [0.2, 0.25) is 5.91 Å². The third-order valence-corrected chi connectivity index (χ3v) is 5.33. The molecule has 23 heavy (non-hydrogen) atoms. The maximum atomic E-state index is 12.5. The number of rotatable bonds is 5. The molecule has 1 aliphatic rings. The van der Waals surface area contributed by atoms with E-state index in [9.17, 15) is 4.79 Å². The van der Waals surface area contributed by atoms with Crippen LogP contribution in [0.25, 0.3) is 0 Å². The monoisotopic (exact) mass is 327 g/mol. The Labute approximate surface area is 141 Å². The SMILES string of the molecule is NC[C@@H]1CN(C(=O)CSc2ccncc2)C[C@H]1c1ccccc1. The van der Waals surface area contributed by atoms with Crippen molar-refractivity contribution in [2.45, 2.75) is 10.8 Å². The van der Waals surface area contributed by atoms with E-state index in [0.29, 0.717) is 24.1 Å². The Balaban J connectivity index is 1.61. The largest absolute Gasteiger partial charge is 0.341 e. The van der Waals surface area contributed by atoms with Gasteiger partial charge in [0.15, 0.2) is 0 Å². The number of likely N-dealkylation sites (tertiary alicyclic amines) is 1. The number of hydrogen-bond acceptors (Lipinski definition) is 4. The Kier molecular flexibility index (Phi) is 5.31. The lowest BCUT2D eigenvalue weighted by atomic mass is 9.89. The van der Waals surface area contributed by atoms with Gasteiger partial charge in [0, 0.05) is 36.3 Å². The van der Waals surface area contributed by atoms with Crippen LogP contribution in [0.1, 0.15) is 11.5 Å². The molecule has 1 aromatic heterocycles. The molecule has 0 radical (unpaired) electrons. The Morgan fingerprint density at radius 1 is 1.17 bits per heavy atom. The molecule has 5 heteroatoms. The molecule has 0 saturated carbocycles. The van der Waals surface area contributed by atoms with Crippen LogP contribution in [0.15, 0.2) is 59.8 Å². The fourth-order valence-corrected chi connectivity index (χ4v) is 3.85. The number of hydrogen-bond donors (Lipinski definition) is 1. The van der Waals surface area contributed by atoms with Crippen molar-refractivity contribution in [3.63, 3.8) is 0 Å². The van der Waals surface area contributed by atoms with Crippen molar-refractivity contribution < 1.29 is 4.79 Å². The number of carbonyl (C=O) groups excluding carboxylic acids is 1. The summed E-state index contributed by atoms with van der Waals surface area (Å²) in [7, 11) is 0. The van der Waals surface area contributed by atoms with Crippen LogP contribution in [0.4, 0.5) is 0 Å². The first-order valence-electron chi connectivity index (χ1n) is 7.83. The Morgan fingerprint density at radius 3 is 2.61 bits per heavy atom. The molecule has 1 aromatic carbocycles. The summed E-state index contributed by atoms with van der Waals surface area (Å²) >= 11 is 1.56. The maximum Gasteiger partial charge on any atom is 0.232 e. The highest BCUT2D eigenvalue weighted by Gasteiger charge is 2.34. The van der Waals surface area contributed by atoms with E-state index in [-0.39, 0.29) is 5.91 Å². The summed E-state index contributed by atoms with van der Waals surface area (Å²) in [4.78, 5) is 19.5. The molecular formula is C18H21N3OS. The molecule has 0 aliphatic carbocycles. The molecule has 2 aromatic rings. The second kappa shape index (κ2) is 7.62. The number of amides is 1. The number of aromatic nitrogens is 1. The first kappa shape index (κ1) is 16.0. The van der Waals surface area contributed by atoms with Gasteiger partial charge in [0.05, 0.1) is 5.75 Å². The fraction of sp³-hybridized carbons (Fsp3) is 0.333. The zero-order valence-electron chi connectivity index (χ0n) is 13.0. The molecule has 2 atom stereocenters. The minimum Gasteiger partial charge on any atom is -0.341 e. The molecule has 1 amide bonds. The Morgan fingerprint density at radius 2 is 1.91 bits per heavy atom. The van der Waals surface area contributed by atoms with Gasteiger partial charge in [0.25, 0.3) is 0 Å². The summed E-state index contributed by atoms with van der Waals surface area (Å²) in [5.74, 6) is 1.33. The third kappa shape index (κ3) is 3.92. The number of nitrogens with two attached hydrogens (primary N) is 1. The van der Waals surface area contributed by atoms with Crippen molar-refractivity contribution >= 4 is 17.7 Å². The number of thioether (sulfide) groups is 1. The lowest BCUT2D eigenvalue weighted by molar-refractivity contribution is -0.127. The van der Waals surface area contributed by atoms with Gasteiger partial charge in [0.1, 0.15) is 0 Å². The molecule has 2 N–H and O–H groups in total. The molecule has 4 nitrogen and oxygen atoms in total. The summed E-state index contributed by atoms with van der Waals surface area (Å²) in [5.41, 5.74) is 7.22. The molecule has 3 rings (SSSR count). The first-order chi connectivity index (χ1) is 11.3. The quantitative estimate of drug-likeness (QED) is 0.857. The van der Waals surface area contributed by atoms with Crippen molar-refractivity contribution in [3.8, 4) is 0 Å². The van der Waals surface area contributed by atoms with E-state index in [1.807, 2.05) is 35.2 Å². The van der Waals surface area contributed by atoms with Crippen LogP contribution in [-0.4, -0.2) is 41.2 Å². The molecule has 0 unspecified atom stereocenters. The van der Waals surface area contributed by atoms with Gasteiger partial charge in [-0.05, 0) is 30.2 Å². The average molecular weight is 327 g/mol. The molecule has 1 saturated heterocycles. The molecule has 2 heterocycles. The highest BCUT2D eigenvalue weighted by molar-refractivity contribution is 8.00. The molecule has 120 valence electrons. The summed E-state index contributed by atoms with van der Waals surface area (Å²) in [6.07, 6.45) is 3.50. The van der Waals surface area contributed by atoms with Crippen LogP contribution in [0.3, 0.4) is 0 Å². The van der Waals surface area contributed by atoms with E-state index in [1.165, 1.54) is 5.56 Å². The number of benzene rings is 1. The smallest absolute Gasteiger partial charge is 0.232 e. The highest BCUT2D eigenvalue weighted by atomic mass is 32.2. The summed E-state index contributed by atoms with van der Waals surface area (Å²) in [5, 5.41) is 0. The number of nitrogens with zero attached hydrogens (tertiary/aromatic N) is 2. The molecular weight excluding hydrogens is 306 g/mol. The Hall–Kier alpha value is -1.85. The molecule has 0 bridgehead atoms. The van der Waals surface area contributed by atoms with Crippen molar-refractivity contribution in [3.05, 3.63) is 60.4 Å². The van der Waals surface area contributed by atoms with Crippen LogP contribution in [0, 0.1) is 5.92 Å². The topological polar surface area (TPSA) is 59.2 Å². The summed E-state index contributed by atoms with van der Waals surface area (Å²) < 4.78 is 0. The van der Waals surface area contributed by atoms with E-state index in [2.05, 4.69) is 17.1 Å². The summed E-state index contributed by atoms with van der Waals surface area (Å²) in [6, 6.07) is 14.2. The second-order valence-electron chi connectivity index (χ2n) is 5.78. The van der Waals surface area contributed by atoms with E-state index < -0.39 is 0 Å². The predicted molar refractivity (Wildman–Crippen MR) is 93.3 cm³/mol. The van der Waals surface area contributed by atoms with Crippen molar-refractivity contribution in [1.29, 1.82) is 0 Å². The van der Waals surface area contributed by atoms with Gasteiger partial charge < -0.3 is 10.6 Å². The van der Waals surface area contributed by atoms with Gasteiger partial charge in [-0.3, -0.25) is 9.78 Å². The van der Waals surface area contributed by atoms with E-state index in [1.54, 1.807) is 24.2 Å². The van der Waals surface area contributed by atoms with Crippen LogP contribution in [0.2, 0.25) is 0 Å². The minimum atomic E-state index is 0.184. The van der Waals surface area contributed by atoms with E-state index in [4.69, 9.17) is 5.73 Å². The predicted octanol–water partition coefficient (Wildman–Crippen LogP) is 2.37. The van der Waals surface area contributed by atoms with Crippen LogP contribution in [0.5, 0.6) is 0 Å². The zero-order chi connectivity index (χ0) is 16.1. The fourth-order valence-electron chi connectivity index (χ4n) is 3.06. The van der Waals surface area contributed by atoms with Crippen LogP contribution < -0.4 is 5.73 Å². The lowest BCUT2D eigenvalue weighted by Gasteiger charge is -2.16. The molecule has 1 aliphatic heterocycles. The summed E-state index contributed by atoms with van der Waals surface area (Å²) in [6.45, 7) is 2.13. The number of carbonyl (C=O) groups is 1. The van der Waals surface area contributed by atoms with Crippen molar-refractivity contribution in [2.75, 3.05) is 25.4 Å². The van der Waals surface area contributed by atoms with Crippen LogP contribution in [-0.2, 0) is 4.79 Å². The maximum absolute atomic E-state index is 12.5. The number of pyridine rings is 1. The zero-order valence-corrected chi connectivity index (χ0v) is 13.8. The van der Waals surface area contributed by atoms with Gasteiger partial charge in [-0.2, -0.15) is 0 Å². The van der Waals surface area contributed by atoms with Gasteiger partial charge in [-0.15, -0.1) is 11.8 Å². The van der Waals surface area contributed by atoms with Gasteiger partial charge in [-0.1, -0.05) is 30.3 Å². The second-order valence-corrected chi connectivity index (χ2v) is 6.83. The standard InChI is InChI=1S/C18H21N3OS/c19-10-15-11-21(12-17(15)14-4-2-1-3-5-14)18(22)13-23-16-6-8-20-9-7-16/h1-9,15,17H,10-13,19H2/t15-,17+/m1/s1. The molecule has 1 fully saturated rings. The average Bonchev–Trinajstić information content (AvgIpc) is 3.06. The van der Waals surface area contributed by atoms with Gasteiger partial charge in [-0.25, -0.2) is 0 Å². The van der Waals surface area contributed by atoms with Gasteiger partial charge >= 0.3 is 0 Å². The normalized spacial score (nSPS) is 20.7. The van der Waals surface area contributed by atoms with E-state index >= 15 is 0 Å². The first-order valence-corrected chi connectivity index (χ1v) is 8.82. The van der Waals surface area contributed by atoms with Crippen molar-refractivity contribution in [2.24, 2.45) is 11.7 Å². The van der Waals surface area contributed by atoms with E-state index in [0.717, 1.165) is 18.0 Å². The minimum absolute atomic E-state index is 0.184.